The van der Waals surface area contributed by atoms with Gasteiger partial charge in [-0.3, -0.25) is 4.79 Å². The number of fused-ring (bicyclic) bond motifs is 2. The molecule has 1 N–H and O–H groups in total. The fourth-order valence-electron chi connectivity index (χ4n) is 2.33. The minimum absolute atomic E-state index is 0.0344. The van der Waals surface area contributed by atoms with Crippen LogP contribution < -0.4 is 5.43 Å². The highest BCUT2D eigenvalue weighted by Crippen LogP contribution is 2.16. The van der Waals surface area contributed by atoms with E-state index in [1.54, 1.807) is 24.3 Å². The Balaban J connectivity index is 2.16. The number of ether oxygens (including phenoxy) is 1. The summed E-state index contributed by atoms with van der Waals surface area (Å²) in [6, 6.07) is 12.3. The largest absolute Gasteiger partial charge is 0.462 e. The van der Waals surface area contributed by atoms with Gasteiger partial charge in [-0.2, -0.15) is 0 Å². The van der Waals surface area contributed by atoms with Gasteiger partial charge in [-0.15, -0.1) is 0 Å². The second-order valence-corrected chi connectivity index (χ2v) is 4.90. The van der Waals surface area contributed by atoms with E-state index in [0.29, 0.717) is 28.5 Å². The predicted molar refractivity (Wildman–Crippen MR) is 82.6 cm³/mol. The van der Waals surface area contributed by atoms with Crippen LogP contribution in [0.2, 0.25) is 0 Å². The molecule has 0 aliphatic rings. The van der Waals surface area contributed by atoms with Crippen LogP contribution in [0.15, 0.2) is 47.3 Å². The average Bonchev–Trinajstić information content (AvgIpc) is 2.52. The summed E-state index contributed by atoms with van der Waals surface area (Å²) in [5.41, 5.74) is 1.81. The molecule has 0 aliphatic heterocycles. The highest BCUT2D eigenvalue weighted by Gasteiger charge is 2.10. The van der Waals surface area contributed by atoms with Crippen molar-refractivity contribution in [2.24, 2.45) is 0 Å². The predicted octanol–water partition coefficient (Wildman–Crippen LogP) is 3.25. The molecular weight excluding hydrogens is 266 g/mol. The molecule has 0 amide bonds. The van der Waals surface area contributed by atoms with Crippen molar-refractivity contribution in [3.8, 4) is 0 Å². The van der Waals surface area contributed by atoms with E-state index in [1.807, 2.05) is 25.1 Å². The van der Waals surface area contributed by atoms with Crippen molar-refractivity contribution in [2.75, 3.05) is 6.61 Å². The highest BCUT2D eigenvalue weighted by atomic mass is 16.5. The van der Waals surface area contributed by atoms with E-state index in [0.717, 1.165) is 11.9 Å². The Morgan fingerprint density at radius 1 is 1.10 bits per heavy atom. The number of hydrogen-bond donors (Lipinski definition) is 1. The van der Waals surface area contributed by atoms with E-state index in [1.165, 1.54) is 0 Å². The van der Waals surface area contributed by atoms with Gasteiger partial charge in [0.1, 0.15) is 0 Å². The number of para-hydroxylation sites is 1. The van der Waals surface area contributed by atoms with Gasteiger partial charge >= 0.3 is 5.97 Å². The zero-order chi connectivity index (χ0) is 14.8. The van der Waals surface area contributed by atoms with Crippen molar-refractivity contribution in [3.63, 3.8) is 0 Å². The van der Waals surface area contributed by atoms with E-state index < -0.39 is 0 Å². The first kappa shape index (κ1) is 13.4. The first-order chi connectivity index (χ1) is 10.2. The van der Waals surface area contributed by atoms with Crippen molar-refractivity contribution in [2.45, 2.75) is 13.3 Å². The normalized spacial score (nSPS) is 10.9. The van der Waals surface area contributed by atoms with Gasteiger partial charge in [0, 0.05) is 16.3 Å². The first-order valence-electron chi connectivity index (χ1n) is 6.92. The van der Waals surface area contributed by atoms with Crippen LogP contribution in [0.5, 0.6) is 0 Å². The standard InChI is InChI=1S/C17H15NO3/c1-2-9-21-17(20)11-7-8-13-15(10-11)18-14-6-4-3-5-12(14)16(13)19/h3-8,10H,2,9H2,1H3,(H,18,19). The maximum atomic E-state index is 12.4. The summed E-state index contributed by atoms with van der Waals surface area (Å²) < 4.78 is 5.11. The first-order valence-corrected chi connectivity index (χ1v) is 6.92. The summed E-state index contributed by atoms with van der Waals surface area (Å²) in [6.45, 7) is 2.34. The fraction of sp³-hybridized carbons (Fsp3) is 0.176. The van der Waals surface area contributed by atoms with Gasteiger partial charge in [-0.05, 0) is 36.8 Å². The number of aromatic nitrogens is 1. The Morgan fingerprint density at radius 3 is 2.67 bits per heavy atom. The van der Waals surface area contributed by atoms with Crippen LogP contribution in [0.1, 0.15) is 23.7 Å². The monoisotopic (exact) mass is 281 g/mol. The number of benzene rings is 2. The van der Waals surface area contributed by atoms with Crippen LogP contribution in [0, 0.1) is 0 Å². The lowest BCUT2D eigenvalue weighted by Crippen LogP contribution is -2.08. The molecule has 1 heterocycles. The van der Waals surface area contributed by atoms with Gasteiger partial charge in [-0.1, -0.05) is 19.1 Å². The SMILES string of the molecule is CCCOC(=O)c1ccc2c(=O)c3ccccc3[nH]c2c1. The minimum atomic E-state index is -0.368. The molecule has 0 bridgehead atoms. The Morgan fingerprint density at radius 2 is 1.86 bits per heavy atom. The third kappa shape index (κ3) is 2.40. The van der Waals surface area contributed by atoms with Gasteiger partial charge in [0.05, 0.1) is 17.7 Å². The number of rotatable bonds is 3. The summed E-state index contributed by atoms with van der Waals surface area (Å²) in [5.74, 6) is -0.368. The van der Waals surface area contributed by atoms with Gasteiger partial charge in [0.2, 0.25) is 0 Å². The quantitative estimate of drug-likeness (QED) is 0.592. The van der Waals surface area contributed by atoms with Crippen LogP contribution in [0.4, 0.5) is 0 Å². The fourth-order valence-corrected chi connectivity index (χ4v) is 2.33. The molecule has 0 aliphatic carbocycles. The number of H-pyrrole nitrogens is 1. The van der Waals surface area contributed by atoms with E-state index in [-0.39, 0.29) is 11.4 Å². The topological polar surface area (TPSA) is 59.2 Å². The maximum absolute atomic E-state index is 12.4. The van der Waals surface area contributed by atoms with Gasteiger partial charge in [-0.25, -0.2) is 4.79 Å². The number of aromatic amines is 1. The van der Waals surface area contributed by atoms with Gasteiger partial charge < -0.3 is 9.72 Å². The van der Waals surface area contributed by atoms with Crippen molar-refractivity contribution < 1.29 is 9.53 Å². The maximum Gasteiger partial charge on any atom is 0.338 e. The molecule has 0 unspecified atom stereocenters. The molecule has 0 spiro atoms. The van der Waals surface area contributed by atoms with Crippen molar-refractivity contribution in [1.29, 1.82) is 0 Å². The molecule has 0 saturated heterocycles. The molecule has 4 nitrogen and oxygen atoms in total. The van der Waals surface area contributed by atoms with Gasteiger partial charge in [0.15, 0.2) is 5.43 Å². The number of nitrogens with one attached hydrogen (secondary N) is 1. The van der Waals surface area contributed by atoms with E-state index in [9.17, 15) is 9.59 Å². The van der Waals surface area contributed by atoms with Crippen LogP contribution >= 0.6 is 0 Å². The van der Waals surface area contributed by atoms with Crippen LogP contribution in [0.25, 0.3) is 21.8 Å². The molecule has 106 valence electrons. The number of carbonyl (C=O) groups is 1. The number of pyridine rings is 1. The van der Waals surface area contributed by atoms with Crippen LogP contribution in [-0.2, 0) is 4.74 Å². The Kier molecular flexibility index (Phi) is 3.44. The summed E-state index contributed by atoms with van der Waals surface area (Å²) in [5, 5.41) is 1.21. The van der Waals surface area contributed by atoms with E-state index >= 15 is 0 Å². The second-order valence-electron chi connectivity index (χ2n) is 4.90. The number of carbonyl (C=O) groups excluding carboxylic acids is 1. The molecule has 0 saturated carbocycles. The van der Waals surface area contributed by atoms with E-state index in [2.05, 4.69) is 4.98 Å². The zero-order valence-electron chi connectivity index (χ0n) is 11.7. The van der Waals surface area contributed by atoms with Crippen molar-refractivity contribution >= 4 is 27.8 Å². The Labute approximate surface area is 121 Å². The summed E-state index contributed by atoms with van der Waals surface area (Å²) in [6.07, 6.45) is 0.779. The zero-order valence-corrected chi connectivity index (χ0v) is 11.7. The van der Waals surface area contributed by atoms with Crippen LogP contribution in [-0.4, -0.2) is 17.6 Å². The number of esters is 1. The van der Waals surface area contributed by atoms with Gasteiger partial charge in [0.25, 0.3) is 0 Å². The molecular formula is C17H15NO3. The highest BCUT2D eigenvalue weighted by molar-refractivity contribution is 5.97. The molecule has 21 heavy (non-hydrogen) atoms. The smallest absolute Gasteiger partial charge is 0.338 e. The minimum Gasteiger partial charge on any atom is -0.462 e. The molecule has 3 rings (SSSR count). The molecule has 0 radical (unpaired) electrons. The molecule has 0 fully saturated rings. The summed E-state index contributed by atoms with van der Waals surface area (Å²) in [4.78, 5) is 27.5. The molecule has 4 heteroatoms. The Bertz CT molecular complexity index is 880. The number of hydrogen-bond acceptors (Lipinski definition) is 3. The lowest BCUT2D eigenvalue weighted by Gasteiger charge is -2.06. The average molecular weight is 281 g/mol. The van der Waals surface area contributed by atoms with E-state index in [4.69, 9.17) is 4.74 Å². The third-order valence-electron chi connectivity index (χ3n) is 3.38. The molecule has 2 aromatic carbocycles. The van der Waals surface area contributed by atoms with Crippen molar-refractivity contribution in [1.82, 2.24) is 4.98 Å². The van der Waals surface area contributed by atoms with Crippen LogP contribution in [0.3, 0.4) is 0 Å². The lowest BCUT2D eigenvalue weighted by molar-refractivity contribution is 0.0505. The second kappa shape index (κ2) is 5.40. The third-order valence-corrected chi connectivity index (χ3v) is 3.38. The lowest BCUT2D eigenvalue weighted by atomic mass is 10.1. The molecule has 0 atom stereocenters. The van der Waals surface area contributed by atoms with Crippen molar-refractivity contribution in [3.05, 3.63) is 58.3 Å². The summed E-state index contributed by atoms with van der Waals surface area (Å²) >= 11 is 0. The summed E-state index contributed by atoms with van der Waals surface area (Å²) in [7, 11) is 0. The Hall–Kier alpha value is -2.62. The molecule has 3 aromatic rings. The molecule has 1 aromatic heterocycles.